The summed E-state index contributed by atoms with van der Waals surface area (Å²) in [5.41, 5.74) is 0. The number of amides is 1. The number of thioether (sulfide) groups is 1. The van der Waals surface area contributed by atoms with Crippen LogP contribution < -0.4 is 10.2 Å². The van der Waals surface area contributed by atoms with Crippen molar-refractivity contribution in [2.24, 2.45) is 0 Å². The summed E-state index contributed by atoms with van der Waals surface area (Å²) in [7, 11) is 0. The predicted molar refractivity (Wildman–Crippen MR) is 52.9 cm³/mol. The van der Waals surface area contributed by atoms with E-state index in [2.05, 4.69) is 0 Å². The van der Waals surface area contributed by atoms with Crippen molar-refractivity contribution in [3.63, 3.8) is 0 Å². The van der Waals surface area contributed by atoms with Crippen molar-refractivity contribution >= 4 is 67.3 Å². The van der Waals surface area contributed by atoms with E-state index in [1.165, 1.54) is 6.92 Å². The van der Waals surface area contributed by atoms with E-state index in [0.717, 1.165) is 23.6 Å². The van der Waals surface area contributed by atoms with Crippen LogP contribution in [0, 0.1) is 0 Å². The van der Waals surface area contributed by atoms with Gasteiger partial charge in [0.2, 0.25) is 5.91 Å². The van der Waals surface area contributed by atoms with Crippen molar-refractivity contribution in [2.45, 2.75) is 24.8 Å². The van der Waals surface area contributed by atoms with Gasteiger partial charge in [0.15, 0.2) is 0 Å². The Labute approximate surface area is 126 Å². The number of hydrogen-bond donors (Lipinski definition) is 0. The number of aliphatic carboxylic acids is 2. The van der Waals surface area contributed by atoms with Crippen LogP contribution in [0.3, 0.4) is 0 Å². The van der Waals surface area contributed by atoms with Gasteiger partial charge in [0, 0.05) is 12.7 Å². The zero-order chi connectivity index (χ0) is 11.8. The molecule has 0 bridgehead atoms. The summed E-state index contributed by atoms with van der Waals surface area (Å²) in [6.45, 7) is 2.36. The standard InChI is InChI=1S/C8H11NO5S.Ca/c1-4(10)9-5(6(11)12)3-15-8(9,2)7(13)14;/h5H,3H2,1-2H3,(H,11,12)(H,13,14);/q;+2/p-2. The zero-order valence-electron chi connectivity index (χ0n) is 8.89. The molecule has 2 atom stereocenters. The Bertz CT molecular complexity index is 336. The van der Waals surface area contributed by atoms with Crippen molar-refractivity contribution in [2.75, 3.05) is 5.75 Å². The molecule has 6 nitrogen and oxygen atoms in total. The molecule has 0 aromatic heterocycles. The summed E-state index contributed by atoms with van der Waals surface area (Å²) in [4.78, 5) is 31.9. The average Bonchev–Trinajstić information content (AvgIpc) is 2.44. The van der Waals surface area contributed by atoms with E-state index >= 15 is 0 Å². The van der Waals surface area contributed by atoms with Gasteiger partial charge in [-0.05, 0) is 6.92 Å². The summed E-state index contributed by atoms with van der Waals surface area (Å²) < 4.78 is 0. The van der Waals surface area contributed by atoms with E-state index in [1.807, 2.05) is 0 Å². The molecule has 8 heteroatoms. The normalized spacial score (nSPS) is 28.4. The second-order valence-electron chi connectivity index (χ2n) is 3.31. The van der Waals surface area contributed by atoms with Crippen LogP contribution in [0.2, 0.25) is 0 Å². The fraction of sp³-hybridized carbons (Fsp3) is 0.625. The Hall–Kier alpha value is 0.0197. The van der Waals surface area contributed by atoms with Crippen LogP contribution in [-0.2, 0) is 14.4 Å². The summed E-state index contributed by atoms with van der Waals surface area (Å²) >= 11 is 0.848. The molecule has 0 aromatic rings. The van der Waals surface area contributed by atoms with Crippen molar-refractivity contribution in [1.82, 2.24) is 4.90 Å². The molecule has 1 aliphatic heterocycles. The summed E-state index contributed by atoms with van der Waals surface area (Å²) in [5.74, 6) is -3.57. The fourth-order valence-corrected chi connectivity index (χ4v) is 2.81. The fourth-order valence-electron chi connectivity index (χ4n) is 1.53. The molecule has 1 rings (SSSR count). The maximum Gasteiger partial charge on any atom is 2.00 e. The zero-order valence-corrected chi connectivity index (χ0v) is 11.9. The topological polar surface area (TPSA) is 101 Å². The molecular formula is C8H9CaNO5S. The number of carboxylic acid groups (broad SMARTS) is 2. The van der Waals surface area contributed by atoms with Gasteiger partial charge in [-0.2, -0.15) is 0 Å². The first kappa shape index (κ1) is 16.0. The molecule has 1 saturated heterocycles. The van der Waals surface area contributed by atoms with Gasteiger partial charge in [-0.25, -0.2) is 0 Å². The first-order valence-corrected chi connectivity index (χ1v) is 5.15. The number of nitrogens with zero attached hydrogens (tertiary/aromatic N) is 1. The number of carbonyl (C=O) groups is 3. The average molecular weight is 271 g/mol. The Kier molecular flexibility index (Phi) is 5.58. The van der Waals surface area contributed by atoms with Crippen molar-refractivity contribution in [3.05, 3.63) is 0 Å². The van der Waals surface area contributed by atoms with Gasteiger partial charge in [0.25, 0.3) is 0 Å². The molecular weight excluding hydrogens is 262 g/mol. The third-order valence-electron chi connectivity index (χ3n) is 2.28. The van der Waals surface area contributed by atoms with E-state index < -0.39 is 28.8 Å². The maximum absolute atomic E-state index is 11.2. The Balaban J connectivity index is 0.00000225. The first-order chi connectivity index (χ1) is 6.80. The van der Waals surface area contributed by atoms with Gasteiger partial charge < -0.3 is 24.7 Å². The van der Waals surface area contributed by atoms with Crippen LogP contribution in [0.5, 0.6) is 0 Å². The van der Waals surface area contributed by atoms with Crippen LogP contribution in [0.15, 0.2) is 0 Å². The van der Waals surface area contributed by atoms with Gasteiger partial charge >= 0.3 is 37.7 Å². The molecule has 0 radical (unpaired) electrons. The number of carbonyl (C=O) groups excluding carboxylic acids is 3. The molecule has 1 heterocycles. The smallest absolute Gasteiger partial charge is 0.548 e. The third kappa shape index (κ3) is 2.64. The molecule has 1 aliphatic rings. The molecule has 0 saturated carbocycles. The number of carboxylic acids is 2. The Morgan fingerprint density at radius 3 is 2.19 bits per heavy atom. The molecule has 0 N–H and O–H groups in total. The van der Waals surface area contributed by atoms with E-state index in [9.17, 15) is 24.6 Å². The van der Waals surface area contributed by atoms with Crippen LogP contribution in [0.1, 0.15) is 13.8 Å². The summed E-state index contributed by atoms with van der Waals surface area (Å²) in [5, 5.41) is 21.6. The van der Waals surface area contributed by atoms with E-state index in [-0.39, 0.29) is 43.5 Å². The summed E-state index contributed by atoms with van der Waals surface area (Å²) in [6.07, 6.45) is 0. The Morgan fingerprint density at radius 2 is 1.88 bits per heavy atom. The van der Waals surface area contributed by atoms with Crippen molar-refractivity contribution in [1.29, 1.82) is 0 Å². The Morgan fingerprint density at radius 1 is 1.38 bits per heavy atom. The number of hydrogen-bond acceptors (Lipinski definition) is 6. The minimum atomic E-state index is -1.63. The van der Waals surface area contributed by atoms with Gasteiger partial charge in [-0.15, -0.1) is 11.8 Å². The van der Waals surface area contributed by atoms with Crippen LogP contribution in [0.25, 0.3) is 0 Å². The molecule has 2 unspecified atom stereocenters. The molecule has 0 aromatic carbocycles. The monoisotopic (exact) mass is 271 g/mol. The minimum absolute atomic E-state index is 0. The maximum atomic E-state index is 11.2. The van der Waals surface area contributed by atoms with E-state index in [1.54, 1.807) is 0 Å². The van der Waals surface area contributed by atoms with E-state index in [0.29, 0.717) is 0 Å². The predicted octanol–water partition coefficient (Wildman–Crippen LogP) is -3.21. The second-order valence-corrected chi connectivity index (χ2v) is 4.72. The number of rotatable bonds is 2. The van der Waals surface area contributed by atoms with Gasteiger partial charge in [0.1, 0.15) is 4.87 Å². The van der Waals surface area contributed by atoms with E-state index in [4.69, 9.17) is 0 Å². The van der Waals surface area contributed by atoms with Gasteiger partial charge in [-0.1, -0.05) is 0 Å². The molecule has 16 heavy (non-hydrogen) atoms. The third-order valence-corrected chi connectivity index (χ3v) is 3.69. The summed E-state index contributed by atoms with van der Waals surface area (Å²) in [6, 6.07) is -1.21. The molecule has 0 spiro atoms. The van der Waals surface area contributed by atoms with Gasteiger partial charge in [-0.3, -0.25) is 4.79 Å². The van der Waals surface area contributed by atoms with Crippen LogP contribution in [-0.4, -0.2) is 77.1 Å². The van der Waals surface area contributed by atoms with Crippen LogP contribution >= 0.6 is 11.8 Å². The SMILES string of the molecule is CC(=O)N1C(C(=O)[O-])CSC1(C)C(=O)[O-].[Ca+2]. The molecule has 1 amide bonds. The molecule has 84 valence electrons. The molecule has 0 aliphatic carbocycles. The van der Waals surface area contributed by atoms with Crippen molar-refractivity contribution in [3.8, 4) is 0 Å². The molecule has 1 fully saturated rings. The van der Waals surface area contributed by atoms with Gasteiger partial charge in [0.05, 0.1) is 18.0 Å². The quantitative estimate of drug-likeness (QED) is 0.490. The minimum Gasteiger partial charge on any atom is -0.548 e. The first-order valence-electron chi connectivity index (χ1n) is 4.17. The van der Waals surface area contributed by atoms with Crippen molar-refractivity contribution < 1.29 is 24.6 Å². The second kappa shape index (κ2) is 5.57. The van der Waals surface area contributed by atoms with Crippen LogP contribution in [0.4, 0.5) is 0 Å². The largest absolute Gasteiger partial charge is 2.00 e.